The summed E-state index contributed by atoms with van der Waals surface area (Å²) in [4.78, 5) is 10.1. The lowest BCUT2D eigenvalue weighted by atomic mass is 10.0. The molecule has 0 aromatic heterocycles. The number of rotatable bonds is 2. The maximum atomic E-state index is 10.6. The summed E-state index contributed by atoms with van der Waals surface area (Å²) in [5.74, 6) is 0.0667. The summed E-state index contributed by atoms with van der Waals surface area (Å²) in [7, 11) is 0. The van der Waals surface area contributed by atoms with E-state index in [1.165, 1.54) is 6.07 Å². The Labute approximate surface area is 91.7 Å². The van der Waals surface area contributed by atoms with E-state index in [1.807, 2.05) is 0 Å². The van der Waals surface area contributed by atoms with Crippen LogP contribution in [-0.2, 0) is 0 Å². The third-order valence-electron chi connectivity index (χ3n) is 1.99. The lowest BCUT2D eigenvalue weighted by Gasteiger charge is -2.07. The van der Waals surface area contributed by atoms with E-state index in [1.54, 1.807) is 13.0 Å². The highest BCUT2D eigenvalue weighted by Crippen LogP contribution is 2.27. The van der Waals surface area contributed by atoms with Gasteiger partial charge < -0.3 is 11.5 Å². The van der Waals surface area contributed by atoms with Crippen LogP contribution in [-0.4, -0.2) is 10.8 Å². The van der Waals surface area contributed by atoms with Gasteiger partial charge in [-0.25, -0.2) is 4.40 Å². The SMILES string of the molecule is Cc1ccc([N+](=O)[O-])c(N)c1C(N)=NS. The number of nitro benzene ring substituents is 1. The maximum Gasteiger partial charge on any atom is 0.292 e. The third kappa shape index (κ3) is 2.01. The van der Waals surface area contributed by atoms with Gasteiger partial charge in [-0.2, -0.15) is 0 Å². The van der Waals surface area contributed by atoms with Crippen molar-refractivity contribution in [3.63, 3.8) is 0 Å². The average Bonchev–Trinajstić information content (AvgIpc) is 2.16. The minimum Gasteiger partial charge on any atom is -0.393 e. The van der Waals surface area contributed by atoms with Crippen LogP contribution in [0.15, 0.2) is 16.5 Å². The number of nitro groups is 1. The first-order valence-electron chi connectivity index (χ1n) is 4.00. The molecule has 0 bridgehead atoms. The van der Waals surface area contributed by atoms with Gasteiger partial charge in [0.2, 0.25) is 0 Å². The van der Waals surface area contributed by atoms with Gasteiger partial charge >= 0.3 is 0 Å². The summed E-state index contributed by atoms with van der Waals surface area (Å²) in [6.07, 6.45) is 0. The van der Waals surface area contributed by atoms with Crippen LogP contribution in [0.25, 0.3) is 0 Å². The summed E-state index contributed by atoms with van der Waals surface area (Å²) in [6.45, 7) is 1.74. The van der Waals surface area contributed by atoms with E-state index in [-0.39, 0.29) is 17.2 Å². The second-order valence-corrected chi connectivity index (χ2v) is 3.13. The minimum absolute atomic E-state index is 0.00954. The predicted molar refractivity (Wildman–Crippen MR) is 62.0 cm³/mol. The van der Waals surface area contributed by atoms with E-state index in [4.69, 9.17) is 11.5 Å². The van der Waals surface area contributed by atoms with Gasteiger partial charge in [0.15, 0.2) is 0 Å². The molecular formula is C8H10N4O2S. The van der Waals surface area contributed by atoms with Crippen LogP contribution in [0.5, 0.6) is 0 Å². The van der Waals surface area contributed by atoms with E-state index in [9.17, 15) is 10.1 Å². The number of nitrogens with two attached hydrogens (primary N) is 2. The van der Waals surface area contributed by atoms with Gasteiger partial charge in [-0.1, -0.05) is 6.07 Å². The number of thiol groups is 1. The normalized spacial score (nSPS) is 11.5. The molecule has 0 amide bonds. The molecule has 0 spiro atoms. The molecule has 1 aromatic carbocycles. The number of hydrogen-bond donors (Lipinski definition) is 3. The monoisotopic (exact) mass is 226 g/mol. The highest BCUT2D eigenvalue weighted by Gasteiger charge is 2.18. The molecule has 7 heteroatoms. The molecule has 0 unspecified atom stereocenters. The van der Waals surface area contributed by atoms with Crippen molar-refractivity contribution >= 4 is 30.0 Å². The van der Waals surface area contributed by atoms with Gasteiger partial charge in [-0.15, -0.1) is 0 Å². The molecule has 0 fully saturated rings. The van der Waals surface area contributed by atoms with Crippen molar-refractivity contribution < 1.29 is 4.92 Å². The van der Waals surface area contributed by atoms with E-state index < -0.39 is 4.92 Å². The second kappa shape index (κ2) is 4.18. The van der Waals surface area contributed by atoms with Crippen LogP contribution < -0.4 is 11.5 Å². The Hall–Kier alpha value is -1.76. The fourth-order valence-electron chi connectivity index (χ4n) is 1.27. The minimum atomic E-state index is -0.565. The zero-order valence-corrected chi connectivity index (χ0v) is 8.86. The van der Waals surface area contributed by atoms with Crippen LogP contribution in [0.3, 0.4) is 0 Å². The fraction of sp³-hybridized carbons (Fsp3) is 0.125. The Morgan fingerprint density at radius 2 is 2.20 bits per heavy atom. The Morgan fingerprint density at radius 3 is 2.67 bits per heavy atom. The van der Waals surface area contributed by atoms with Crippen LogP contribution in [0, 0.1) is 17.0 Å². The molecule has 6 nitrogen and oxygen atoms in total. The Balaban J connectivity index is 3.50. The van der Waals surface area contributed by atoms with Gasteiger partial charge in [0.1, 0.15) is 11.5 Å². The van der Waals surface area contributed by atoms with Crippen LogP contribution in [0.2, 0.25) is 0 Å². The number of benzene rings is 1. The van der Waals surface area contributed by atoms with Crippen LogP contribution >= 0.6 is 12.8 Å². The van der Waals surface area contributed by atoms with Crippen molar-refractivity contribution in [3.05, 3.63) is 33.4 Å². The third-order valence-corrected chi connectivity index (χ3v) is 2.21. The number of amidine groups is 1. The largest absolute Gasteiger partial charge is 0.393 e. The first-order valence-corrected chi connectivity index (χ1v) is 4.40. The van der Waals surface area contributed by atoms with Crippen molar-refractivity contribution in [2.75, 3.05) is 5.73 Å². The zero-order chi connectivity index (χ0) is 11.6. The number of nitrogen functional groups attached to an aromatic ring is 1. The quantitative estimate of drug-likeness (QED) is 0.175. The maximum absolute atomic E-state index is 10.6. The van der Waals surface area contributed by atoms with E-state index in [0.29, 0.717) is 11.1 Å². The summed E-state index contributed by atoms with van der Waals surface area (Å²) in [5, 5.41) is 10.6. The molecule has 80 valence electrons. The highest BCUT2D eigenvalue weighted by molar-refractivity contribution is 7.79. The number of hydrogen-bond acceptors (Lipinski definition) is 5. The molecule has 1 aromatic rings. The molecule has 0 heterocycles. The summed E-state index contributed by atoms with van der Waals surface area (Å²) >= 11 is 3.65. The topological polar surface area (TPSA) is 108 Å². The van der Waals surface area contributed by atoms with Gasteiger partial charge in [0.25, 0.3) is 5.69 Å². The Bertz CT molecular complexity index is 445. The molecule has 0 aliphatic carbocycles. The van der Waals surface area contributed by atoms with Crippen LogP contribution in [0.1, 0.15) is 11.1 Å². The van der Waals surface area contributed by atoms with Gasteiger partial charge in [-0.3, -0.25) is 10.1 Å². The Morgan fingerprint density at radius 1 is 1.60 bits per heavy atom. The summed E-state index contributed by atoms with van der Waals surface area (Å²) in [6, 6.07) is 2.90. The van der Waals surface area contributed by atoms with Gasteiger partial charge in [-0.05, 0) is 25.3 Å². The van der Waals surface area contributed by atoms with E-state index in [0.717, 1.165) is 0 Å². The van der Waals surface area contributed by atoms with E-state index in [2.05, 4.69) is 17.2 Å². The zero-order valence-electron chi connectivity index (χ0n) is 7.97. The smallest absolute Gasteiger partial charge is 0.292 e. The molecule has 0 aliphatic heterocycles. The van der Waals surface area contributed by atoms with E-state index >= 15 is 0 Å². The van der Waals surface area contributed by atoms with Gasteiger partial charge in [0.05, 0.1) is 10.5 Å². The van der Waals surface area contributed by atoms with Crippen molar-refractivity contribution in [1.82, 2.24) is 0 Å². The second-order valence-electron chi connectivity index (χ2n) is 2.93. The number of nitrogens with zero attached hydrogens (tertiary/aromatic N) is 2. The number of aryl methyl sites for hydroxylation is 1. The molecule has 1 rings (SSSR count). The highest BCUT2D eigenvalue weighted by atomic mass is 32.1. The molecule has 0 atom stereocenters. The van der Waals surface area contributed by atoms with Gasteiger partial charge in [0, 0.05) is 6.07 Å². The molecule has 0 aliphatic rings. The lowest BCUT2D eigenvalue weighted by molar-refractivity contribution is -0.383. The molecule has 4 N–H and O–H groups in total. The molecule has 15 heavy (non-hydrogen) atoms. The van der Waals surface area contributed by atoms with Crippen molar-refractivity contribution in [1.29, 1.82) is 0 Å². The van der Waals surface area contributed by atoms with Crippen LogP contribution in [0.4, 0.5) is 11.4 Å². The first kappa shape index (κ1) is 11.3. The first-order chi connectivity index (χ1) is 6.99. The summed E-state index contributed by atoms with van der Waals surface area (Å²) < 4.78 is 3.47. The Kier molecular flexibility index (Phi) is 3.15. The summed E-state index contributed by atoms with van der Waals surface area (Å²) in [5.41, 5.74) is 12.1. The predicted octanol–water partition coefficient (Wildman–Crippen LogP) is 1.04. The van der Waals surface area contributed by atoms with Crippen molar-refractivity contribution in [2.24, 2.45) is 10.1 Å². The average molecular weight is 226 g/mol. The standard InChI is InChI=1S/C8H10N4O2S/c1-4-2-3-5(12(13)14)7(9)6(4)8(10)11-15/h2-3,15H,9H2,1H3,(H2,10,11). The number of anilines is 1. The molecule has 0 saturated carbocycles. The van der Waals surface area contributed by atoms with Crippen molar-refractivity contribution in [2.45, 2.75) is 6.92 Å². The molecule has 0 radical (unpaired) electrons. The molecule has 0 saturated heterocycles. The lowest BCUT2D eigenvalue weighted by Crippen LogP contribution is -2.17. The van der Waals surface area contributed by atoms with Crippen molar-refractivity contribution in [3.8, 4) is 0 Å². The fourth-order valence-corrected chi connectivity index (χ4v) is 1.37. The molecular weight excluding hydrogens is 216 g/mol.